The lowest BCUT2D eigenvalue weighted by atomic mass is 9.96. The summed E-state index contributed by atoms with van der Waals surface area (Å²) in [4.78, 5) is 42.5. The molecule has 0 radical (unpaired) electrons. The Morgan fingerprint density at radius 1 is 0.977 bits per heavy atom. The van der Waals surface area contributed by atoms with Gasteiger partial charge >= 0.3 is 0 Å². The molecule has 2 saturated heterocycles. The smallest absolute Gasteiger partial charge is 0.269 e. The largest absolute Gasteiger partial charge is 0.369 e. The van der Waals surface area contributed by atoms with E-state index in [1.165, 1.54) is 24.1 Å². The molecule has 2 atom stereocenters. The van der Waals surface area contributed by atoms with Crippen molar-refractivity contribution in [2.24, 2.45) is 5.73 Å². The van der Waals surface area contributed by atoms with E-state index < -0.39 is 5.91 Å². The Morgan fingerprint density at radius 2 is 1.75 bits per heavy atom. The van der Waals surface area contributed by atoms with Crippen molar-refractivity contribution in [2.75, 3.05) is 49.6 Å². The number of likely N-dealkylation sites (N-methyl/N-ethyl adjacent to an activating group) is 1. The molecule has 4 aromatic rings. The van der Waals surface area contributed by atoms with Crippen LogP contribution in [0.15, 0.2) is 65.7 Å². The number of pyridine rings is 1. The highest BCUT2D eigenvalue weighted by atomic mass is 16.1. The summed E-state index contributed by atoms with van der Waals surface area (Å²) in [7, 11) is 2.16. The van der Waals surface area contributed by atoms with Crippen LogP contribution < -0.4 is 21.1 Å². The standard InChI is InChI=1S/C35H41N7O2/c1-23-31(42-15-13-27-21-26(25-7-8-25)9-12-29(27)35(42)44)4-3-14-41(23)32-22-37-33(34(36)43)30(38-32)20-24-5-10-28(11-6-24)40-18-16-39(2)17-19-40/h5-6,9-13,15,21-23,25,31H,3-4,7-8,14,16-20H2,1-2H3,(H2,36,43)/t23-,31-/m1/s1. The summed E-state index contributed by atoms with van der Waals surface area (Å²) in [6.07, 6.45) is 8.39. The first-order valence-corrected chi connectivity index (χ1v) is 16.0. The van der Waals surface area contributed by atoms with Gasteiger partial charge in [0.15, 0.2) is 0 Å². The lowest BCUT2D eigenvalue weighted by molar-refractivity contribution is 0.0994. The molecular formula is C35H41N7O2. The fraction of sp³-hybridized carbons (Fsp3) is 0.429. The van der Waals surface area contributed by atoms with Gasteiger partial charge < -0.3 is 25.0 Å². The van der Waals surface area contributed by atoms with Crippen LogP contribution in [0.25, 0.3) is 10.8 Å². The number of fused-ring (bicyclic) bond motifs is 1. The molecule has 2 aliphatic heterocycles. The number of aromatic nitrogens is 3. The molecule has 3 aliphatic rings. The summed E-state index contributed by atoms with van der Waals surface area (Å²) in [5.41, 5.74) is 10.2. The summed E-state index contributed by atoms with van der Waals surface area (Å²) in [5, 5.41) is 1.79. The molecule has 2 N–H and O–H groups in total. The minimum atomic E-state index is -0.578. The highest BCUT2D eigenvalue weighted by Crippen LogP contribution is 2.40. The lowest BCUT2D eigenvalue weighted by Gasteiger charge is -2.41. The number of nitrogens with zero attached hydrogens (tertiary/aromatic N) is 6. The van der Waals surface area contributed by atoms with Crippen molar-refractivity contribution in [3.8, 4) is 0 Å². The number of rotatable bonds is 7. The van der Waals surface area contributed by atoms with E-state index in [9.17, 15) is 9.59 Å². The zero-order valence-electron chi connectivity index (χ0n) is 25.7. The quantitative estimate of drug-likeness (QED) is 0.341. The zero-order chi connectivity index (χ0) is 30.4. The number of nitrogens with two attached hydrogens (primary N) is 1. The van der Waals surface area contributed by atoms with Crippen LogP contribution in [0.2, 0.25) is 0 Å². The average Bonchev–Trinajstić information content (AvgIpc) is 3.88. The third-order valence-corrected chi connectivity index (χ3v) is 9.84. The highest BCUT2D eigenvalue weighted by Gasteiger charge is 2.32. The number of piperidine rings is 1. The molecule has 9 heteroatoms. The molecule has 0 bridgehead atoms. The lowest BCUT2D eigenvalue weighted by Crippen LogP contribution is -2.47. The van der Waals surface area contributed by atoms with E-state index in [-0.39, 0.29) is 23.3 Å². The molecule has 44 heavy (non-hydrogen) atoms. The van der Waals surface area contributed by atoms with Gasteiger partial charge in [0, 0.05) is 62.5 Å². The number of hydrogen-bond donors (Lipinski definition) is 1. The maximum Gasteiger partial charge on any atom is 0.269 e. The van der Waals surface area contributed by atoms with E-state index in [1.54, 1.807) is 6.20 Å². The van der Waals surface area contributed by atoms with E-state index in [0.717, 1.165) is 61.9 Å². The number of amides is 1. The van der Waals surface area contributed by atoms with Crippen LogP contribution in [0.5, 0.6) is 0 Å². The van der Waals surface area contributed by atoms with Crippen molar-refractivity contribution in [1.82, 2.24) is 19.4 Å². The van der Waals surface area contributed by atoms with Gasteiger partial charge in [-0.15, -0.1) is 0 Å². The molecule has 1 aliphatic carbocycles. The Kier molecular flexibility index (Phi) is 7.58. The first-order chi connectivity index (χ1) is 21.4. The Hall–Kier alpha value is -4.24. The minimum Gasteiger partial charge on any atom is -0.369 e. The van der Waals surface area contributed by atoms with Crippen molar-refractivity contribution in [3.05, 3.63) is 93.8 Å². The van der Waals surface area contributed by atoms with Gasteiger partial charge in [-0.1, -0.05) is 24.3 Å². The summed E-state index contributed by atoms with van der Waals surface area (Å²) < 4.78 is 1.91. The van der Waals surface area contributed by atoms with E-state index in [4.69, 9.17) is 10.7 Å². The topological polar surface area (TPSA) is 101 Å². The van der Waals surface area contributed by atoms with Gasteiger partial charge in [-0.2, -0.15) is 0 Å². The van der Waals surface area contributed by atoms with Crippen LogP contribution in [0, 0.1) is 0 Å². The van der Waals surface area contributed by atoms with Crippen molar-refractivity contribution in [2.45, 2.75) is 57.0 Å². The summed E-state index contributed by atoms with van der Waals surface area (Å²) in [6, 6.07) is 16.9. The monoisotopic (exact) mass is 591 g/mol. The molecule has 228 valence electrons. The molecule has 1 amide bonds. The van der Waals surface area contributed by atoms with E-state index in [1.807, 2.05) is 16.8 Å². The van der Waals surface area contributed by atoms with E-state index >= 15 is 0 Å². The second-order valence-corrected chi connectivity index (χ2v) is 12.8. The maximum atomic E-state index is 13.7. The highest BCUT2D eigenvalue weighted by molar-refractivity contribution is 5.92. The van der Waals surface area contributed by atoms with Gasteiger partial charge in [0.2, 0.25) is 0 Å². The third kappa shape index (κ3) is 5.56. The van der Waals surface area contributed by atoms with Crippen LogP contribution in [-0.2, 0) is 6.42 Å². The van der Waals surface area contributed by atoms with Crippen LogP contribution in [0.4, 0.5) is 11.5 Å². The third-order valence-electron chi connectivity index (χ3n) is 9.84. The molecule has 2 aromatic heterocycles. The molecule has 0 unspecified atom stereocenters. The molecule has 4 heterocycles. The summed E-state index contributed by atoms with van der Waals surface area (Å²) in [5.74, 6) is 0.784. The molecule has 0 spiro atoms. The Balaban J connectivity index is 1.13. The number of primary amides is 1. The van der Waals surface area contributed by atoms with Gasteiger partial charge in [0.25, 0.3) is 11.5 Å². The zero-order valence-corrected chi connectivity index (χ0v) is 25.7. The molecule has 9 nitrogen and oxygen atoms in total. The number of anilines is 2. The molecule has 3 fully saturated rings. The summed E-state index contributed by atoms with van der Waals surface area (Å²) >= 11 is 0. The fourth-order valence-corrected chi connectivity index (χ4v) is 7.00. The summed E-state index contributed by atoms with van der Waals surface area (Å²) in [6.45, 7) is 7.08. The van der Waals surface area contributed by atoms with Gasteiger partial charge in [-0.3, -0.25) is 9.59 Å². The van der Waals surface area contributed by atoms with Crippen LogP contribution >= 0.6 is 0 Å². The van der Waals surface area contributed by atoms with Crippen LogP contribution in [-0.4, -0.2) is 71.2 Å². The van der Waals surface area contributed by atoms with Crippen LogP contribution in [0.3, 0.4) is 0 Å². The number of hydrogen-bond acceptors (Lipinski definition) is 7. The molecule has 7 rings (SSSR count). The van der Waals surface area contributed by atoms with Crippen molar-refractivity contribution < 1.29 is 4.79 Å². The van der Waals surface area contributed by atoms with Gasteiger partial charge in [-0.05, 0) is 86.4 Å². The Bertz CT molecular complexity index is 1740. The number of benzene rings is 2. The Morgan fingerprint density at radius 3 is 2.48 bits per heavy atom. The molecule has 2 aromatic carbocycles. The van der Waals surface area contributed by atoms with Gasteiger partial charge in [0.1, 0.15) is 11.5 Å². The SMILES string of the molecule is C[C@@H]1[C@H](n2ccc3cc(C4CC4)ccc3c2=O)CCCN1c1cnc(C(N)=O)c(Cc2ccc(N3CCN(C)CC3)cc2)n1. The van der Waals surface area contributed by atoms with Gasteiger partial charge in [-0.25, -0.2) is 9.97 Å². The number of carbonyl (C=O) groups is 1. The predicted molar refractivity (Wildman–Crippen MR) is 175 cm³/mol. The second kappa shape index (κ2) is 11.7. The van der Waals surface area contributed by atoms with Crippen molar-refractivity contribution in [3.63, 3.8) is 0 Å². The van der Waals surface area contributed by atoms with E-state index in [0.29, 0.717) is 23.9 Å². The van der Waals surface area contributed by atoms with Gasteiger partial charge in [0.05, 0.1) is 17.9 Å². The van der Waals surface area contributed by atoms with E-state index in [2.05, 4.69) is 76.1 Å². The first kappa shape index (κ1) is 28.5. The number of carbonyl (C=O) groups excluding carboxylic acids is 1. The molecule has 1 saturated carbocycles. The first-order valence-electron chi connectivity index (χ1n) is 16.0. The normalized spacial score (nSPS) is 21.1. The predicted octanol–water partition coefficient (Wildman–Crippen LogP) is 4.34. The fourth-order valence-electron chi connectivity index (χ4n) is 7.00. The second-order valence-electron chi connectivity index (χ2n) is 12.8. The molecular weight excluding hydrogens is 550 g/mol. The minimum absolute atomic E-state index is 0.00746. The van der Waals surface area contributed by atoms with Crippen molar-refractivity contribution in [1.29, 1.82) is 0 Å². The average molecular weight is 592 g/mol. The number of piperazine rings is 1. The van der Waals surface area contributed by atoms with Crippen LogP contribution in [0.1, 0.15) is 71.9 Å². The van der Waals surface area contributed by atoms with Crippen molar-refractivity contribution >= 4 is 28.2 Å². The maximum absolute atomic E-state index is 13.7. The Labute approximate surface area is 258 Å².